The maximum absolute atomic E-state index is 12.5. The fourth-order valence-corrected chi connectivity index (χ4v) is 3.75. The van der Waals surface area contributed by atoms with E-state index in [1.165, 1.54) is 0 Å². The van der Waals surface area contributed by atoms with Crippen LogP contribution in [0.3, 0.4) is 0 Å². The molecule has 0 aliphatic carbocycles. The quantitative estimate of drug-likeness (QED) is 0.796. The number of carbonyl (C=O) groups is 1. The molecular formula is C21H24ClN3O4. The molecule has 1 saturated heterocycles. The highest BCUT2D eigenvalue weighted by Gasteiger charge is 2.22. The lowest BCUT2D eigenvalue weighted by Crippen LogP contribution is -2.48. The van der Waals surface area contributed by atoms with E-state index in [2.05, 4.69) is 15.1 Å². The average molecular weight is 418 g/mol. The van der Waals surface area contributed by atoms with Crippen LogP contribution >= 0.6 is 11.6 Å². The number of carbonyl (C=O) groups excluding carboxylic acids is 1. The number of hydrogen-bond acceptors (Lipinski definition) is 6. The molecule has 0 bridgehead atoms. The van der Waals surface area contributed by atoms with E-state index in [1.54, 1.807) is 18.2 Å². The predicted molar refractivity (Wildman–Crippen MR) is 112 cm³/mol. The van der Waals surface area contributed by atoms with E-state index in [4.69, 9.17) is 21.1 Å². The Bertz CT molecular complexity index is 884. The van der Waals surface area contributed by atoms with Crippen LogP contribution in [0.5, 0.6) is 17.2 Å². The summed E-state index contributed by atoms with van der Waals surface area (Å²) in [7, 11) is 0. The standard InChI is InChI=1S/C21H24ClN3O4/c22-15-12-19-20(29-11-3-10-28-19)13-16(15)23-21(27)14-24-6-8-25(9-7-24)17-4-1-2-5-18(17)26/h1-2,4-5,12-13,26H,3,6-11,14H2,(H,23,27). The fourth-order valence-electron chi connectivity index (χ4n) is 3.55. The van der Waals surface area contributed by atoms with Crippen molar-refractivity contribution in [2.45, 2.75) is 6.42 Å². The molecule has 0 aromatic heterocycles. The second-order valence-corrected chi connectivity index (χ2v) is 7.54. The molecule has 4 rings (SSSR count). The van der Waals surface area contributed by atoms with Crippen LogP contribution in [0.2, 0.25) is 5.02 Å². The Kier molecular flexibility index (Phi) is 5.97. The highest BCUT2D eigenvalue weighted by Crippen LogP contribution is 2.37. The normalized spacial score (nSPS) is 16.9. The van der Waals surface area contributed by atoms with Crippen LogP contribution in [0.1, 0.15) is 6.42 Å². The predicted octanol–water partition coefficient (Wildman–Crippen LogP) is 2.97. The van der Waals surface area contributed by atoms with E-state index in [0.29, 0.717) is 35.4 Å². The van der Waals surface area contributed by atoms with Gasteiger partial charge in [-0.05, 0) is 12.1 Å². The summed E-state index contributed by atoms with van der Waals surface area (Å²) in [4.78, 5) is 16.8. The third-order valence-corrected chi connectivity index (χ3v) is 5.39. The summed E-state index contributed by atoms with van der Waals surface area (Å²) in [5, 5.41) is 13.3. The number of aromatic hydroxyl groups is 1. The number of halogens is 1. The number of phenolic OH excluding ortho intramolecular Hbond substituents is 1. The van der Waals surface area contributed by atoms with Crippen molar-refractivity contribution in [3.8, 4) is 17.2 Å². The van der Waals surface area contributed by atoms with Crippen LogP contribution in [-0.4, -0.2) is 61.9 Å². The second-order valence-electron chi connectivity index (χ2n) is 7.13. The Morgan fingerprint density at radius 2 is 1.76 bits per heavy atom. The number of fused-ring (bicyclic) bond motifs is 1. The Morgan fingerprint density at radius 3 is 2.48 bits per heavy atom. The van der Waals surface area contributed by atoms with Crippen molar-refractivity contribution in [1.82, 2.24) is 4.90 Å². The Morgan fingerprint density at radius 1 is 1.07 bits per heavy atom. The maximum Gasteiger partial charge on any atom is 0.238 e. The van der Waals surface area contributed by atoms with E-state index >= 15 is 0 Å². The van der Waals surface area contributed by atoms with Gasteiger partial charge in [-0.3, -0.25) is 9.69 Å². The van der Waals surface area contributed by atoms with Crippen molar-refractivity contribution >= 4 is 28.9 Å². The summed E-state index contributed by atoms with van der Waals surface area (Å²) in [5.74, 6) is 1.35. The Balaban J connectivity index is 1.33. The summed E-state index contributed by atoms with van der Waals surface area (Å²) >= 11 is 6.31. The molecule has 0 radical (unpaired) electrons. The molecule has 1 amide bonds. The minimum Gasteiger partial charge on any atom is -0.506 e. The number of piperazine rings is 1. The molecule has 0 atom stereocenters. The summed E-state index contributed by atoms with van der Waals surface area (Å²) in [6.07, 6.45) is 0.806. The molecule has 2 aromatic rings. The summed E-state index contributed by atoms with van der Waals surface area (Å²) in [5.41, 5.74) is 1.35. The first kappa shape index (κ1) is 19.7. The van der Waals surface area contributed by atoms with Gasteiger partial charge in [-0.1, -0.05) is 23.7 Å². The van der Waals surface area contributed by atoms with E-state index in [-0.39, 0.29) is 18.2 Å². The number of para-hydroxylation sites is 2. The molecule has 8 heteroatoms. The van der Waals surface area contributed by atoms with Crippen LogP contribution < -0.4 is 19.7 Å². The van der Waals surface area contributed by atoms with Crippen LogP contribution in [0.4, 0.5) is 11.4 Å². The van der Waals surface area contributed by atoms with Gasteiger partial charge in [0.2, 0.25) is 5.91 Å². The number of nitrogens with zero attached hydrogens (tertiary/aromatic N) is 2. The van der Waals surface area contributed by atoms with Gasteiger partial charge >= 0.3 is 0 Å². The number of benzene rings is 2. The largest absolute Gasteiger partial charge is 0.506 e. The van der Waals surface area contributed by atoms with E-state index in [0.717, 1.165) is 38.3 Å². The Hall–Kier alpha value is -2.64. The van der Waals surface area contributed by atoms with E-state index in [9.17, 15) is 9.90 Å². The molecule has 0 unspecified atom stereocenters. The molecule has 2 heterocycles. The highest BCUT2D eigenvalue weighted by atomic mass is 35.5. The van der Waals surface area contributed by atoms with Crippen LogP contribution in [0.15, 0.2) is 36.4 Å². The van der Waals surface area contributed by atoms with Crippen molar-refractivity contribution in [1.29, 1.82) is 0 Å². The lowest BCUT2D eigenvalue weighted by Gasteiger charge is -2.35. The minimum absolute atomic E-state index is 0.127. The fraction of sp³-hybridized carbons (Fsp3) is 0.381. The lowest BCUT2D eigenvalue weighted by molar-refractivity contribution is -0.117. The first-order chi connectivity index (χ1) is 14.1. The molecule has 0 spiro atoms. The maximum atomic E-state index is 12.5. The van der Waals surface area contributed by atoms with Gasteiger partial charge < -0.3 is 24.8 Å². The number of hydrogen-bond donors (Lipinski definition) is 2. The molecule has 7 nitrogen and oxygen atoms in total. The van der Waals surface area contributed by atoms with Crippen LogP contribution in [0, 0.1) is 0 Å². The SMILES string of the molecule is O=C(CN1CCN(c2ccccc2O)CC1)Nc1cc2c(cc1Cl)OCCCO2. The number of ether oxygens (including phenoxy) is 2. The highest BCUT2D eigenvalue weighted by molar-refractivity contribution is 6.34. The van der Waals surface area contributed by atoms with Crippen molar-refractivity contribution in [3.05, 3.63) is 41.4 Å². The molecule has 2 N–H and O–H groups in total. The van der Waals surface area contributed by atoms with Gasteiger partial charge in [0.05, 0.1) is 36.2 Å². The number of phenols is 1. The molecule has 2 aromatic carbocycles. The first-order valence-corrected chi connectivity index (χ1v) is 10.1. The number of amides is 1. The summed E-state index contributed by atoms with van der Waals surface area (Å²) in [6.45, 7) is 4.39. The van der Waals surface area contributed by atoms with Gasteiger partial charge in [-0.2, -0.15) is 0 Å². The van der Waals surface area contributed by atoms with Crippen molar-refractivity contribution in [2.75, 3.05) is 56.2 Å². The average Bonchev–Trinajstić information content (AvgIpc) is 2.94. The zero-order valence-corrected chi connectivity index (χ0v) is 16.8. The van der Waals surface area contributed by atoms with E-state index < -0.39 is 0 Å². The van der Waals surface area contributed by atoms with Crippen LogP contribution in [0.25, 0.3) is 0 Å². The van der Waals surface area contributed by atoms with E-state index in [1.807, 2.05) is 18.2 Å². The third kappa shape index (κ3) is 4.68. The monoisotopic (exact) mass is 417 g/mol. The zero-order chi connectivity index (χ0) is 20.2. The molecular weight excluding hydrogens is 394 g/mol. The van der Waals surface area contributed by atoms with Crippen molar-refractivity contribution in [3.63, 3.8) is 0 Å². The van der Waals surface area contributed by atoms with Gasteiger partial charge in [0, 0.05) is 44.7 Å². The Labute approximate surface area is 174 Å². The number of nitrogens with one attached hydrogen (secondary N) is 1. The van der Waals surface area contributed by atoms with Gasteiger partial charge in [-0.15, -0.1) is 0 Å². The molecule has 0 saturated carbocycles. The molecule has 2 aliphatic heterocycles. The van der Waals surface area contributed by atoms with Gasteiger partial charge in [0.25, 0.3) is 0 Å². The topological polar surface area (TPSA) is 74.3 Å². The zero-order valence-electron chi connectivity index (χ0n) is 16.1. The van der Waals surface area contributed by atoms with Crippen LogP contribution in [-0.2, 0) is 4.79 Å². The smallest absolute Gasteiger partial charge is 0.238 e. The second kappa shape index (κ2) is 8.80. The third-order valence-electron chi connectivity index (χ3n) is 5.07. The number of rotatable bonds is 4. The molecule has 154 valence electrons. The number of anilines is 2. The first-order valence-electron chi connectivity index (χ1n) is 9.74. The molecule has 29 heavy (non-hydrogen) atoms. The summed E-state index contributed by atoms with van der Waals surface area (Å²) in [6, 6.07) is 10.7. The lowest BCUT2D eigenvalue weighted by atomic mass is 10.2. The van der Waals surface area contributed by atoms with Gasteiger partial charge in [0.1, 0.15) is 5.75 Å². The molecule has 2 aliphatic rings. The van der Waals surface area contributed by atoms with Crippen molar-refractivity contribution in [2.24, 2.45) is 0 Å². The molecule has 1 fully saturated rings. The van der Waals surface area contributed by atoms with Gasteiger partial charge in [-0.25, -0.2) is 0 Å². The minimum atomic E-state index is -0.127. The van der Waals surface area contributed by atoms with Crippen molar-refractivity contribution < 1.29 is 19.4 Å². The van der Waals surface area contributed by atoms with Gasteiger partial charge in [0.15, 0.2) is 11.5 Å². The summed E-state index contributed by atoms with van der Waals surface area (Å²) < 4.78 is 11.3.